The Labute approximate surface area is 82.1 Å². The first kappa shape index (κ1) is 8.97. The molecule has 2 rings (SSSR count). The van der Waals surface area contributed by atoms with Gasteiger partial charge in [-0.2, -0.15) is 0 Å². The number of pyridine rings is 1. The highest BCUT2D eigenvalue weighted by molar-refractivity contribution is 7.93. The molecule has 0 saturated heterocycles. The fourth-order valence-corrected chi connectivity index (χ4v) is 2.91. The quantitative estimate of drug-likeness (QED) is 0.772. The zero-order chi connectivity index (χ0) is 9.47. The molecule has 0 radical (unpaired) electrons. The predicted molar refractivity (Wildman–Crippen MR) is 51.4 cm³/mol. The van der Waals surface area contributed by atoms with Crippen molar-refractivity contribution in [1.82, 2.24) is 4.98 Å². The SMILES string of the molecule is N=[S@@](=O)(c1ccc(Cl)nc1)C1CC1. The van der Waals surface area contributed by atoms with Gasteiger partial charge < -0.3 is 0 Å². The largest absolute Gasteiger partial charge is 0.249 e. The number of aromatic nitrogens is 1. The Hall–Kier alpha value is -0.610. The molecule has 70 valence electrons. The van der Waals surface area contributed by atoms with Crippen LogP contribution in [-0.4, -0.2) is 14.4 Å². The molecule has 5 heteroatoms. The Morgan fingerprint density at radius 1 is 1.54 bits per heavy atom. The second-order valence-electron chi connectivity index (χ2n) is 3.12. The van der Waals surface area contributed by atoms with Crippen molar-refractivity contribution in [3.63, 3.8) is 0 Å². The van der Waals surface area contributed by atoms with Crippen molar-refractivity contribution < 1.29 is 4.21 Å². The monoisotopic (exact) mass is 216 g/mol. The maximum Gasteiger partial charge on any atom is 0.129 e. The zero-order valence-electron chi connectivity index (χ0n) is 6.87. The molecule has 1 aromatic heterocycles. The second kappa shape index (κ2) is 2.96. The van der Waals surface area contributed by atoms with Crippen molar-refractivity contribution in [3.05, 3.63) is 23.5 Å². The summed E-state index contributed by atoms with van der Waals surface area (Å²) in [6.45, 7) is 0. The average Bonchev–Trinajstić information content (AvgIpc) is 2.87. The Kier molecular flexibility index (Phi) is 2.04. The van der Waals surface area contributed by atoms with Crippen LogP contribution in [0.2, 0.25) is 5.15 Å². The van der Waals surface area contributed by atoms with Crippen LogP contribution in [0.3, 0.4) is 0 Å². The van der Waals surface area contributed by atoms with Gasteiger partial charge in [-0.1, -0.05) is 11.6 Å². The lowest BCUT2D eigenvalue weighted by Crippen LogP contribution is -2.05. The molecule has 1 saturated carbocycles. The minimum Gasteiger partial charge on any atom is -0.249 e. The Morgan fingerprint density at radius 3 is 2.69 bits per heavy atom. The number of nitrogens with one attached hydrogen (secondary N) is 1. The second-order valence-corrected chi connectivity index (χ2v) is 5.84. The minimum absolute atomic E-state index is 0.0375. The van der Waals surface area contributed by atoms with E-state index in [-0.39, 0.29) is 5.25 Å². The molecule has 1 N–H and O–H groups in total. The highest BCUT2D eigenvalue weighted by atomic mass is 35.5. The van der Waals surface area contributed by atoms with Crippen LogP contribution in [-0.2, 0) is 9.73 Å². The maximum absolute atomic E-state index is 11.8. The van der Waals surface area contributed by atoms with E-state index in [4.69, 9.17) is 16.4 Å². The van der Waals surface area contributed by atoms with E-state index in [9.17, 15) is 4.21 Å². The van der Waals surface area contributed by atoms with Crippen LogP contribution in [0.25, 0.3) is 0 Å². The van der Waals surface area contributed by atoms with Crippen molar-refractivity contribution in [2.24, 2.45) is 0 Å². The van der Waals surface area contributed by atoms with Crippen LogP contribution < -0.4 is 0 Å². The summed E-state index contributed by atoms with van der Waals surface area (Å²) in [6, 6.07) is 3.20. The highest BCUT2D eigenvalue weighted by Crippen LogP contribution is 2.33. The van der Waals surface area contributed by atoms with Crippen molar-refractivity contribution >= 4 is 21.3 Å². The van der Waals surface area contributed by atoms with E-state index >= 15 is 0 Å². The van der Waals surface area contributed by atoms with Crippen LogP contribution in [0.4, 0.5) is 0 Å². The van der Waals surface area contributed by atoms with E-state index in [2.05, 4.69) is 4.98 Å². The molecule has 1 atom stereocenters. The predicted octanol–water partition coefficient (Wildman–Crippen LogP) is 2.30. The molecule has 13 heavy (non-hydrogen) atoms. The lowest BCUT2D eigenvalue weighted by Gasteiger charge is -2.04. The van der Waals surface area contributed by atoms with Gasteiger partial charge in [0.25, 0.3) is 0 Å². The lowest BCUT2D eigenvalue weighted by atomic mass is 10.5. The van der Waals surface area contributed by atoms with Crippen molar-refractivity contribution in [1.29, 1.82) is 4.78 Å². The van der Waals surface area contributed by atoms with Crippen molar-refractivity contribution in [2.75, 3.05) is 0 Å². The fourth-order valence-electron chi connectivity index (χ4n) is 1.13. The van der Waals surface area contributed by atoms with Gasteiger partial charge in [-0.05, 0) is 25.0 Å². The summed E-state index contributed by atoms with van der Waals surface area (Å²) in [7, 11) is -2.60. The van der Waals surface area contributed by atoms with Crippen molar-refractivity contribution in [2.45, 2.75) is 23.0 Å². The third-order valence-corrected chi connectivity index (χ3v) is 4.62. The first-order chi connectivity index (χ1) is 6.10. The van der Waals surface area contributed by atoms with Crippen LogP contribution in [0.1, 0.15) is 12.8 Å². The van der Waals surface area contributed by atoms with Gasteiger partial charge in [-0.3, -0.25) is 0 Å². The Balaban J connectivity index is 2.40. The standard InChI is InChI=1S/C8H9ClN2OS/c9-8-4-3-7(5-11-8)13(10,12)6-1-2-6/h3-6,10H,1-2H2/t13-/m0/s1. The van der Waals surface area contributed by atoms with E-state index < -0.39 is 9.73 Å². The van der Waals surface area contributed by atoms with Gasteiger partial charge in [0.15, 0.2) is 0 Å². The maximum atomic E-state index is 11.8. The van der Waals surface area contributed by atoms with E-state index in [1.807, 2.05) is 0 Å². The Bertz CT molecular complexity index is 408. The average molecular weight is 217 g/mol. The van der Waals surface area contributed by atoms with Gasteiger partial charge in [0.05, 0.1) is 14.6 Å². The van der Waals surface area contributed by atoms with Gasteiger partial charge in [-0.25, -0.2) is 14.0 Å². The molecule has 1 aliphatic rings. The third kappa shape index (κ3) is 1.69. The summed E-state index contributed by atoms with van der Waals surface area (Å²) in [4.78, 5) is 4.32. The highest BCUT2D eigenvalue weighted by Gasteiger charge is 2.33. The Morgan fingerprint density at radius 2 is 2.23 bits per heavy atom. The van der Waals surface area contributed by atoms with E-state index in [0.717, 1.165) is 12.8 Å². The fraction of sp³-hybridized carbons (Fsp3) is 0.375. The van der Waals surface area contributed by atoms with Gasteiger partial charge in [0.1, 0.15) is 5.15 Å². The molecule has 1 aliphatic carbocycles. The molecule has 0 unspecified atom stereocenters. The molecular weight excluding hydrogens is 208 g/mol. The molecule has 0 aliphatic heterocycles. The minimum atomic E-state index is -2.60. The molecule has 0 amide bonds. The van der Waals surface area contributed by atoms with E-state index in [1.54, 1.807) is 12.1 Å². The van der Waals surface area contributed by atoms with Crippen LogP contribution in [0.15, 0.2) is 23.2 Å². The number of hydrogen-bond donors (Lipinski definition) is 1. The van der Waals surface area contributed by atoms with Crippen LogP contribution in [0, 0.1) is 4.78 Å². The van der Waals surface area contributed by atoms with E-state index in [0.29, 0.717) is 10.0 Å². The van der Waals surface area contributed by atoms with Gasteiger partial charge in [0, 0.05) is 11.4 Å². The number of nitrogens with zero attached hydrogens (tertiary/aromatic N) is 1. The topological polar surface area (TPSA) is 53.8 Å². The number of halogens is 1. The van der Waals surface area contributed by atoms with Crippen molar-refractivity contribution in [3.8, 4) is 0 Å². The molecule has 1 aromatic rings. The molecule has 0 spiro atoms. The summed E-state index contributed by atoms with van der Waals surface area (Å²) in [6.07, 6.45) is 3.23. The first-order valence-corrected chi connectivity index (χ1v) is 6.00. The first-order valence-electron chi connectivity index (χ1n) is 4.00. The molecule has 0 aromatic carbocycles. The molecule has 1 fully saturated rings. The number of rotatable bonds is 2. The molecule has 0 bridgehead atoms. The van der Waals surface area contributed by atoms with Crippen LogP contribution >= 0.6 is 11.6 Å². The summed E-state index contributed by atoms with van der Waals surface area (Å²) in [5.74, 6) is 0. The van der Waals surface area contributed by atoms with Gasteiger partial charge >= 0.3 is 0 Å². The zero-order valence-corrected chi connectivity index (χ0v) is 8.44. The normalized spacial score (nSPS) is 21.0. The molecule has 3 nitrogen and oxygen atoms in total. The summed E-state index contributed by atoms with van der Waals surface area (Å²) in [5, 5.41) is 0.408. The number of hydrogen-bond acceptors (Lipinski definition) is 3. The van der Waals surface area contributed by atoms with Gasteiger partial charge in [-0.15, -0.1) is 0 Å². The molecule has 1 heterocycles. The molecular formula is C8H9ClN2OS. The van der Waals surface area contributed by atoms with E-state index in [1.165, 1.54) is 6.20 Å². The third-order valence-electron chi connectivity index (χ3n) is 2.04. The van der Waals surface area contributed by atoms with Crippen LogP contribution in [0.5, 0.6) is 0 Å². The van der Waals surface area contributed by atoms with Gasteiger partial charge in [0.2, 0.25) is 0 Å². The summed E-state index contributed by atoms with van der Waals surface area (Å²) in [5.41, 5.74) is 0. The smallest absolute Gasteiger partial charge is 0.129 e. The summed E-state index contributed by atoms with van der Waals surface area (Å²) < 4.78 is 19.5. The summed E-state index contributed by atoms with van der Waals surface area (Å²) >= 11 is 5.59. The lowest BCUT2D eigenvalue weighted by molar-refractivity contribution is 0.673.